The molecule has 0 radical (unpaired) electrons. The average molecular weight is 404 g/mol. The molecule has 0 amide bonds. The maximum absolute atomic E-state index is 14.2. The summed E-state index contributed by atoms with van der Waals surface area (Å²) in [5, 5.41) is 10.6. The second-order valence-electron chi connectivity index (χ2n) is 5.43. The number of rotatable bonds is 7. The first-order valence-corrected chi connectivity index (χ1v) is 8.78. The molecule has 1 unspecified atom stereocenters. The highest BCUT2D eigenvalue weighted by molar-refractivity contribution is 8.03. The van der Waals surface area contributed by atoms with Crippen molar-refractivity contribution < 1.29 is 31.8 Å². The van der Waals surface area contributed by atoms with Crippen molar-refractivity contribution in [2.24, 2.45) is 0 Å². The third-order valence-corrected chi connectivity index (χ3v) is 4.62. The van der Waals surface area contributed by atoms with Gasteiger partial charge in [-0.25, -0.2) is 0 Å². The molecule has 0 saturated carbocycles. The molecular formula is C19H17F5O2S. The molecule has 0 aliphatic rings. The fourth-order valence-corrected chi connectivity index (χ4v) is 3.29. The summed E-state index contributed by atoms with van der Waals surface area (Å²) in [6.45, 7) is 0.882. The number of benzene rings is 2. The highest BCUT2D eigenvalue weighted by Crippen LogP contribution is 2.48. The topological polar surface area (TPSA) is 29.5 Å². The molecule has 0 bridgehead atoms. The van der Waals surface area contributed by atoms with Crippen LogP contribution >= 0.6 is 11.8 Å². The number of allylic oxidation sites excluding steroid dienone is 1. The van der Waals surface area contributed by atoms with Crippen LogP contribution in [0, 0.1) is 0 Å². The Balaban J connectivity index is 2.64. The summed E-state index contributed by atoms with van der Waals surface area (Å²) in [4.78, 5) is -0.228. The molecule has 0 saturated heterocycles. The number of hydrogen-bond donors (Lipinski definition) is 1. The van der Waals surface area contributed by atoms with E-state index >= 15 is 0 Å². The Morgan fingerprint density at radius 2 is 1.48 bits per heavy atom. The van der Waals surface area contributed by atoms with Gasteiger partial charge in [0.2, 0.25) is 0 Å². The van der Waals surface area contributed by atoms with Crippen LogP contribution in [0.3, 0.4) is 0 Å². The van der Waals surface area contributed by atoms with Gasteiger partial charge in [0, 0.05) is 4.90 Å². The van der Waals surface area contributed by atoms with Crippen LogP contribution in [0.1, 0.15) is 18.6 Å². The first kappa shape index (κ1) is 21.2. The maximum atomic E-state index is 14.2. The van der Waals surface area contributed by atoms with E-state index < -0.39 is 35.5 Å². The predicted molar refractivity (Wildman–Crippen MR) is 93.4 cm³/mol. The zero-order valence-corrected chi connectivity index (χ0v) is 15.0. The Morgan fingerprint density at radius 1 is 0.963 bits per heavy atom. The number of thioether (sulfide) groups is 1. The summed E-state index contributed by atoms with van der Waals surface area (Å²) >= 11 is 0.607. The molecule has 2 nitrogen and oxygen atoms in total. The molecule has 0 aliphatic heterocycles. The van der Waals surface area contributed by atoms with E-state index in [1.165, 1.54) is 31.2 Å². The van der Waals surface area contributed by atoms with Gasteiger partial charge in [-0.05, 0) is 24.6 Å². The molecule has 2 rings (SSSR count). The lowest BCUT2D eigenvalue weighted by Crippen LogP contribution is -2.40. The maximum Gasteiger partial charge on any atom is 0.461 e. The van der Waals surface area contributed by atoms with Crippen molar-refractivity contribution in [1.82, 2.24) is 0 Å². The Morgan fingerprint density at radius 3 is 1.96 bits per heavy atom. The summed E-state index contributed by atoms with van der Waals surface area (Å²) in [7, 11) is 0. The van der Waals surface area contributed by atoms with Gasteiger partial charge in [0.1, 0.15) is 6.10 Å². The predicted octanol–water partition coefficient (Wildman–Crippen LogP) is 5.96. The van der Waals surface area contributed by atoms with Crippen molar-refractivity contribution in [2.75, 3.05) is 6.61 Å². The molecule has 0 fully saturated rings. The minimum absolute atomic E-state index is 0.172. The Bertz CT molecular complexity index is 761. The number of aliphatic hydroxyl groups excluding tert-OH is 1. The van der Waals surface area contributed by atoms with Gasteiger partial charge in [-0.15, -0.1) is 0 Å². The van der Waals surface area contributed by atoms with Crippen molar-refractivity contribution in [3.05, 3.63) is 76.9 Å². The normalized spacial score (nSPS) is 14.5. The van der Waals surface area contributed by atoms with Gasteiger partial charge in [-0.2, -0.15) is 22.0 Å². The third kappa shape index (κ3) is 5.01. The van der Waals surface area contributed by atoms with Crippen LogP contribution in [0.5, 0.6) is 0 Å². The van der Waals surface area contributed by atoms with Crippen LogP contribution < -0.4 is 0 Å². The fraction of sp³-hybridized carbons (Fsp3) is 0.263. The number of aliphatic hydroxyl groups is 1. The Kier molecular flexibility index (Phi) is 6.89. The number of hydrogen-bond acceptors (Lipinski definition) is 3. The van der Waals surface area contributed by atoms with Crippen molar-refractivity contribution in [1.29, 1.82) is 0 Å². The van der Waals surface area contributed by atoms with Crippen molar-refractivity contribution in [2.45, 2.75) is 30.0 Å². The Hall–Kier alpha value is -2.06. The molecule has 0 heterocycles. The van der Waals surface area contributed by atoms with E-state index in [-0.39, 0.29) is 5.56 Å². The molecule has 0 aromatic heterocycles. The van der Waals surface area contributed by atoms with Gasteiger partial charge in [0.05, 0.1) is 11.5 Å². The van der Waals surface area contributed by atoms with Crippen LogP contribution in [-0.4, -0.2) is 23.8 Å². The van der Waals surface area contributed by atoms with Crippen LogP contribution in [0.2, 0.25) is 0 Å². The molecule has 0 aliphatic carbocycles. The molecule has 1 N–H and O–H groups in total. The van der Waals surface area contributed by atoms with E-state index in [2.05, 4.69) is 0 Å². The SMILES string of the molecule is CCO/C(=C(\Sc1ccccc1)C(O)c1ccccc1)C(F)(F)C(F)(F)F. The number of alkyl halides is 5. The van der Waals surface area contributed by atoms with Gasteiger partial charge >= 0.3 is 12.1 Å². The summed E-state index contributed by atoms with van der Waals surface area (Å²) in [6.07, 6.45) is -7.58. The Labute approximate surface area is 157 Å². The molecular weight excluding hydrogens is 387 g/mol. The smallest absolute Gasteiger partial charge is 0.461 e. The standard InChI is InChI=1S/C19H17F5O2S/c1-2-26-17(18(20,21)19(22,23)24)16(27-14-11-7-4-8-12-14)15(25)13-9-5-3-6-10-13/h3-12,15,25H,2H2,1H3/b17-16-. The third-order valence-electron chi connectivity index (χ3n) is 3.49. The van der Waals surface area contributed by atoms with Crippen molar-refractivity contribution >= 4 is 11.8 Å². The van der Waals surface area contributed by atoms with Crippen molar-refractivity contribution in [3.63, 3.8) is 0 Å². The monoisotopic (exact) mass is 404 g/mol. The second-order valence-corrected chi connectivity index (χ2v) is 6.54. The van der Waals surface area contributed by atoms with E-state index in [4.69, 9.17) is 4.74 Å². The lowest BCUT2D eigenvalue weighted by atomic mass is 10.1. The average Bonchev–Trinajstić information content (AvgIpc) is 2.64. The molecule has 146 valence electrons. The van der Waals surface area contributed by atoms with E-state index in [9.17, 15) is 27.1 Å². The summed E-state index contributed by atoms with van der Waals surface area (Å²) in [5.74, 6) is -6.85. The quantitative estimate of drug-likeness (QED) is 0.351. The molecule has 2 aromatic rings. The van der Waals surface area contributed by atoms with E-state index in [1.807, 2.05) is 0 Å². The fourth-order valence-electron chi connectivity index (χ4n) is 2.22. The minimum atomic E-state index is -5.86. The molecule has 1 atom stereocenters. The lowest BCUT2D eigenvalue weighted by Gasteiger charge is -2.27. The molecule has 2 aromatic carbocycles. The largest absolute Gasteiger partial charge is 0.491 e. The highest BCUT2D eigenvalue weighted by atomic mass is 32.2. The number of halogens is 5. The van der Waals surface area contributed by atoms with Crippen molar-refractivity contribution in [3.8, 4) is 0 Å². The van der Waals surface area contributed by atoms with Crippen LogP contribution in [0.4, 0.5) is 22.0 Å². The van der Waals surface area contributed by atoms with Crippen LogP contribution in [0.15, 0.2) is 76.2 Å². The zero-order valence-electron chi connectivity index (χ0n) is 14.2. The van der Waals surface area contributed by atoms with Gasteiger partial charge in [-0.3, -0.25) is 0 Å². The number of ether oxygens (including phenoxy) is 1. The van der Waals surface area contributed by atoms with Gasteiger partial charge in [0.25, 0.3) is 0 Å². The lowest BCUT2D eigenvalue weighted by molar-refractivity contribution is -0.277. The summed E-state index contributed by atoms with van der Waals surface area (Å²) in [5.41, 5.74) is 0.172. The van der Waals surface area contributed by atoms with Crippen LogP contribution in [-0.2, 0) is 4.74 Å². The second kappa shape index (κ2) is 8.75. The first-order valence-electron chi connectivity index (χ1n) is 7.96. The van der Waals surface area contributed by atoms with Gasteiger partial charge < -0.3 is 9.84 Å². The highest BCUT2D eigenvalue weighted by Gasteiger charge is 2.63. The minimum Gasteiger partial charge on any atom is -0.491 e. The van der Waals surface area contributed by atoms with E-state index in [0.717, 1.165) is 0 Å². The summed E-state index contributed by atoms with van der Waals surface area (Å²) < 4.78 is 72.1. The van der Waals surface area contributed by atoms with E-state index in [0.29, 0.717) is 16.7 Å². The van der Waals surface area contributed by atoms with Gasteiger partial charge in [-0.1, -0.05) is 60.3 Å². The molecule has 8 heteroatoms. The molecule has 0 spiro atoms. The summed E-state index contributed by atoms with van der Waals surface area (Å²) in [6, 6.07) is 15.6. The first-order chi connectivity index (χ1) is 12.7. The van der Waals surface area contributed by atoms with Crippen LogP contribution in [0.25, 0.3) is 0 Å². The van der Waals surface area contributed by atoms with Gasteiger partial charge in [0.15, 0.2) is 5.76 Å². The molecule has 27 heavy (non-hydrogen) atoms. The van der Waals surface area contributed by atoms with E-state index in [1.54, 1.807) is 36.4 Å². The zero-order chi connectivity index (χ0) is 20.1.